The first-order valence-corrected chi connectivity index (χ1v) is 19.2. The topological polar surface area (TPSA) is 156 Å². The van der Waals surface area contributed by atoms with E-state index in [1.807, 2.05) is 26.0 Å². The third-order valence-electron chi connectivity index (χ3n) is 8.70. The molecule has 1 unspecified atom stereocenters. The van der Waals surface area contributed by atoms with Crippen LogP contribution in [0.1, 0.15) is 116 Å². The van der Waals surface area contributed by atoms with E-state index in [9.17, 15) is 19.2 Å². The lowest BCUT2D eigenvalue weighted by Gasteiger charge is -2.37. The second-order valence-corrected chi connectivity index (χ2v) is 15.4. The number of nitriles is 1. The van der Waals surface area contributed by atoms with E-state index in [0.29, 0.717) is 38.1 Å². The Labute approximate surface area is 303 Å². The van der Waals surface area contributed by atoms with E-state index in [1.165, 1.54) is 28.5 Å². The monoisotopic (exact) mass is 725 g/mol. The van der Waals surface area contributed by atoms with Gasteiger partial charge in [0.1, 0.15) is 12.0 Å². The molecule has 2 aromatic rings. The van der Waals surface area contributed by atoms with E-state index in [1.54, 1.807) is 0 Å². The second kappa shape index (κ2) is 20.5. The van der Waals surface area contributed by atoms with Crippen molar-refractivity contribution in [2.75, 3.05) is 13.2 Å². The fourth-order valence-corrected chi connectivity index (χ4v) is 7.86. The number of ether oxygens (including phenoxy) is 1. The summed E-state index contributed by atoms with van der Waals surface area (Å²) in [5, 5.41) is 11.8. The molecule has 1 saturated heterocycles. The highest BCUT2D eigenvalue weighted by Gasteiger charge is 2.40. The predicted molar refractivity (Wildman–Crippen MR) is 200 cm³/mol. The van der Waals surface area contributed by atoms with Crippen LogP contribution < -0.4 is 16.6 Å². The number of aromatic nitrogens is 2. The average molecular weight is 726 g/mol. The summed E-state index contributed by atoms with van der Waals surface area (Å²) in [7, 11) is -1.52. The van der Waals surface area contributed by atoms with Gasteiger partial charge in [0.25, 0.3) is 14.1 Å². The highest BCUT2D eigenvalue weighted by atomic mass is 31.2. The smallest absolute Gasteiger partial charge is 0.330 e. The van der Waals surface area contributed by atoms with Gasteiger partial charge in [-0.15, -0.1) is 0 Å². The Morgan fingerprint density at radius 2 is 1.82 bits per heavy atom. The fraction of sp³-hybridized carbons (Fsp3) is 0.605. The van der Waals surface area contributed by atoms with Crippen molar-refractivity contribution in [3.05, 3.63) is 74.1 Å². The van der Waals surface area contributed by atoms with Crippen LogP contribution in [-0.4, -0.2) is 63.4 Å². The van der Waals surface area contributed by atoms with E-state index in [4.69, 9.17) is 19.0 Å². The van der Waals surface area contributed by atoms with Crippen LogP contribution in [0.5, 0.6) is 0 Å². The third-order valence-corrected chi connectivity index (χ3v) is 10.9. The summed E-state index contributed by atoms with van der Waals surface area (Å²) in [5.74, 6) is 0.0277. The molecule has 0 aliphatic carbocycles. The van der Waals surface area contributed by atoms with Crippen molar-refractivity contribution < 1.29 is 23.4 Å². The van der Waals surface area contributed by atoms with Gasteiger partial charge in [0.2, 0.25) is 5.91 Å². The van der Waals surface area contributed by atoms with Crippen LogP contribution in [0, 0.1) is 17.2 Å². The maximum atomic E-state index is 12.9. The third kappa shape index (κ3) is 12.6. The minimum absolute atomic E-state index is 0.109. The summed E-state index contributed by atoms with van der Waals surface area (Å²) in [6, 6.07) is 10.6. The van der Waals surface area contributed by atoms with E-state index < -0.39 is 38.0 Å². The molecule has 1 aliphatic rings. The molecule has 1 fully saturated rings. The molecule has 1 aromatic heterocycles. The molecule has 1 aliphatic heterocycles. The number of nitrogens with zero attached hydrogens (tertiary/aromatic N) is 3. The molecular weight excluding hydrogens is 669 g/mol. The Kier molecular flexibility index (Phi) is 16.9. The van der Waals surface area contributed by atoms with E-state index in [2.05, 4.69) is 74.7 Å². The van der Waals surface area contributed by atoms with Crippen LogP contribution in [0.3, 0.4) is 0 Å². The number of hydrogen-bond acceptors (Lipinski definition) is 9. The van der Waals surface area contributed by atoms with E-state index in [-0.39, 0.29) is 48.5 Å². The van der Waals surface area contributed by atoms with Gasteiger partial charge in [0.05, 0.1) is 36.9 Å². The lowest BCUT2D eigenvalue weighted by Crippen LogP contribution is -2.35. The molecule has 51 heavy (non-hydrogen) atoms. The van der Waals surface area contributed by atoms with Crippen molar-refractivity contribution in [2.24, 2.45) is 5.92 Å². The minimum atomic E-state index is -1.52. The number of rotatable bonds is 20. The molecule has 2 heterocycles. The van der Waals surface area contributed by atoms with Crippen LogP contribution in [-0.2, 0) is 29.8 Å². The quantitative estimate of drug-likeness (QED) is 0.0899. The number of nitrogens with one attached hydrogen (secondary N) is 2. The first kappa shape index (κ1) is 42.0. The summed E-state index contributed by atoms with van der Waals surface area (Å²) in [5.41, 5.74) is 1.09. The number of aromatic amines is 1. The van der Waals surface area contributed by atoms with E-state index in [0.717, 1.165) is 12.0 Å². The van der Waals surface area contributed by atoms with Gasteiger partial charge >= 0.3 is 5.69 Å². The number of amides is 1. The van der Waals surface area contributed by atoms with Gasteiger partial charge in [0, 0.05) is 49.7 Å². The average Bonchev–Trinajstić information content (AvgIpc) is 3.48. The molecule has 0 radical (unpaired) electrons. The largest absolute Gasteiger partial charge is 0.353 e. The zero-order chi connectivity index (χ0) is 37.7. The number of carbonyl (C=O) groups is 2. The van der Waals surface area contributed by atoms with Crippen LogP contribution in [0.25, 0.3) is 6.08 Å². The summed E-state index contributed by atoms with van der Waals surface area (Å²) >= 11 is 0. The Morgan fingerprint density at radius 1 is 1.14 bits per heavy atom. The highest BCUT2D eigenvalue weighted by molar-refractivity contribution is 7.44. The molecule has 1 aromatic carbocycles. The van der Waals surface area contributed by atoms with Crippen molar-refractivity contribution >= 4 is 26.3 Å². The summed E-state index contributed by atoms with van der Waals surface area (Å²) in [6.07, 6.45) is 5.52. The molecule has 280 valence electrons. The van der Waals surface area contributed by atoms with Crippen molar-refractivity contribution in [2.45, 2.75) is 130 Å². The number of carbonyl (C=O) groups excluding carboxylic acids is 2. The molecule has 13 heteroatoms. The first-order chi connectivity index (χ1) is 24.2. The van der Waals surface area contributed by atoms with Crippen molar-refractivity contribution in [3.8, 4) is 6.07 Å². The van der Waals surface area contributed by atoms with Gasteiger partial charge in [-0.05, 0) is 70.1 Å². The number of ketones is 1. The summed E-state index contributed by atoms with van der Waals surface area (Å²) in [6.45, 7) is 17.0. The molecule has 0 bridgehead atoms. The molecule has 5 atom stereocenters. The van der Waals surface area contributed by atoms with Crippen molar-refractivity contribution in [1.29, 1.82) is 5.26 Å². The Bertz CT molecular complexity index is 1600. The molecular formula is C38H56N5O7P. The minimum Gasteiger partial charge on any atom is -0.353 e. The lowest BCUT2D eigenvalue weighted by molar-refractivity contribution is -0.120. The van der Waals surface area contributed by atoms with Gasteiger partial charge in [-0.2, -0.15) is 5.26 Å². The van der Waals surface area contributed by atoms with Gasteiger partial charge in [-0.25, -0.2) is 9.46 Å². The Morgan fingerprint density at radius 3 is 2.43 bits per heavy atom. The van der Waals surface area contributed by atoms with Crippen LogP contribution in [0.15, 0.2) is 46.1 Å². The molecule has 1 amide bonds. The maximum Gasteiger partial charge on any atom is 0.330 e. The lowest BCUT2D eigenvalue weighted by atomic mass is 9.92. The summed E-state index contributed by atoms with van der Waals surface area (Å²) in [4.78, 5) is 53.3. The molecule has 0 spiro atoms. The van der Waals surface area contributed by atoms with Gasteiger partial charge in [-0.1, -0.05) is 52.0 Å². The summed E-state index contributed by atoms with van der Waals surface area (Å²) < 4.78 is 22.3. The van der Waals surface area contributed by atoms with Gasteiger partial charge in [0.15, 0.2) is 0 Å². The number of benzene rings is 1. The molecule has 0 saturated carbocycles. The second-order valence-electron chi connectivity index (χ2n) is 14.0. The molecule has 3 rings (SSSR count). The fourth-order valence-electron chi connectivity index (χ4n) is 6.10. The number of Topliss-reactive ketones (excluding diaryl/α,β-unsaturated/α-hetero) is 1. The Balaban J connectivity index is 1.60. The zero-order valence-corrected chi connectivity index (χ0v) is 32.3. The normalized spacial score (nSPS) is 18.9. The first-order valence-electron chi connectivity index (χ1n) is 18.1. The maximum absolute atomic E-state index is 12.9. The molecule has 12 nitrogen and oxygen atoms in total. The highest BCUT2D eigenvalue weighted by Crippen LogP contribution is 2.50. The van der Waals surface area contributed by atoms with Crippen LogP contribution >= 0.6 is 8.53 Å². The van der Waals surface area contributed by atoms with Crippen molar-refractivity contribution in [1.82, 2.24) is 19.5 Å². The van der Waals surface area contributed by atoms with Crippen LogP contribution in [0.2, 0.25) is 0 Å². The van der Waals surface area contributed by atoms with Crippen LogP contribution in [0.4, 0.5) is 0 Å². The predicted octanol–water partition coefficient (Wildman–Crippen LogP) is 6.38. The number of H-pyrrole nitrogens is 1. The van der Waals surface area contributed by atoms with E-state index >= 15 is 0 Å². The Hall–Kier alpha value is -3.46. The number of hydrogen-bond donors (Lipinski definition) is 2. The molecule has 2 N–H and O–H groups in total. The van der Waals surface area contributed by atoms with Gasteiger partial charge in [-0.3, -0.25) is 23.9 Å². The van der Waals surface area contributed by atoms with Crippen molar-refractivity contribution in [3.63, 3.8) is 0 Å². The standard InChI is InChI=1S/C38H56N5O7P/c1-9-33-34(50-51(48-21-11-19-39)43(26(4)5)27(6)7)23-36(49-33)42-24-31(37(46)41-38(42)47)17-18-35(45)40-20-10-12-32(44)28(8)30-15-13-29(14-16-30)22-25(2)3/h13-18,24-28,33-34,36H,9-12,20-23H2,1-8H3,(H,40,45)(H,41,46,47)/b18-17+/t28-,33+,34+,36+,51?/m0/s1. The van der Waals surface area contributed by atoms with Gasteiger partial charge < -0.3 is 19.1 Å². The SMILES string of the molecule is CC[C@H]1O[C@@H](n2cc(/C=C/C(=O)NCCCC(=O)[C@@H](C)c3ccc(CC(C)C)cc3)c(=O)[nH]c2=O)C[C@H]1OP(OCCC#N)N(C(C)C)C(C)C. The zero-order valence-electron chi connectivity index (χ0n) is 31.4.